The van der Waals surface area contributed by atoms with Crippen LogP contribution < -0.4 is 5.32 Å². The third kappa shape index (κ3) is 2.31. The van der Waals surface area contributed by atoms with E-state index in [0.29, 0.717) is 5.82 Å². The van der Waals surface area contributed by atoms with Crippen LogP contribution in [0, 0.1) is 5.95 Å². The minimum absolute atomic E-state index is 0.0399. The fraction of sp³-hybridized carbons (Fsp3) is 0.200. The lowest BCUT2D eigenvalue weighted by Crippen LogP contribution is -2.07. The summed E-state index contributed by atoms with van der Waals surface area (Å²) in [6, 6.07) is 4.69. The quantitative estimate of drug-likeness (QED) is 0.756. The third-order valence-corrected chi connectivity index (χ3v) is 2.10. The number of hydrogen-bond acceptors (Lipinski definition) is 3. The first-order chi connectivity index (χ1) is 7.25. The molecular weight excluding hydrogens is 195 g/mol. The number of anilines is 1. The van der Waals surface area contributed by atoms with Crippen LogP contribution in [0.3, 0.4) is 0 Å². The maximum absolute atomic E-state index is 12.8. The Hall–Kier alpha value is -1.91. The maximum atomic E-state index is 12.8. The normalized spacial score (nSPS) is 12.4. The van der Waals surface area contributed by atoms with Gasteiger partial charge in [0.1, 0.15) is 5.82 Å². The van der Waals surface area contributed by atoms with Crippen LogP contribution in [0.1, 0.15) is 18.5 Å². The molecule has 0 aliphatic carbocycles. The minimum atomic E-state index is -0.487. The molecule has 4 nitrogen and oxygen atoms in total. The molecule has 2 aromatic heterocycles. The van der Waals surface area contributed by atoms with Crippen molar-refractivity contribution < 1.29 is 4.39 Å². The van der Waals surface area contributed by atoms with Crippen LogP contribution in [-0.2, 0) is 0 Å². The molecule has 0 radical (unpaired) electrons. The fourth-order valence-corrected chi connectivity index (χ4v) is 1.29. The van der Waals surface area contributed by atoms with Gasteiger partial charge >= 0.3 is 0 Å². The highest BCUT2D eigenvalue weighted by Crippen LogP contribution is 2.15. The van der Waals surface area contributed by atoms with Crippen molar-refractivity contribution in [2.75, 3.05) is 5.32 Å². The minimum Gasteiger partial charge on any atom is -0.363 e. The summed E-state index contributed by atoms with van der Waals surface area (Å²) in [6.45, 7) is 1.96. The molecule has 2 heterocycles. The number of halogens is 1. The number of pyridine rings is 1. The van der Waals surface area contributed by atoms with E-state index in [-0.39, 0.29) is 6.04 Å². The summed E-state index contributed by atoms with van der Waals surface area (Å²) in [5.41, 5.74) is 1.00. The van der Waals surface area contributed by atoms with E-state index >= 15 is 0 Å². The number of aromatic amines is 1. The standard InChI is InChI=1S/C10H11FN4/c1-7(8-5-12-13-6-8)14-10-4-2-3-9(11)15-10/h2-7H,1H3,(H,12,13)(H,14,15). The fourth-order valence-electron chi connectivity index (χ4n) is 1.29. The Morgan fingerprint density at radius 2 is 2.33 bits per heavy atom. The zero-order valence-corrected chi connectivity index (χ0v) is 8.24. The largest absolute Gasteiger partial charge is 0.363 e. The summed E-state index contributed by atoms with van der Waals surface area (Å²) < 4.78 is 12.8. The number of hydrogen-bond donors (Lipinski definition) is 2. The van der Waals surface area contributed by atoms with Crippen molar-refractivity contribution in [2.45, 2.75) is 13.0 Å². The smallest absolute Gasteiger partial charge is 0.214 e. The molecule has 0 saturated carbocycles. The second-order valence-electron chi connectivity index (χ2n) is 3.24. The van der Waals surface area contributed by atoms with Crippen molar-refractivity contribution >= 4 is 5.82 Å². The Labute approximate surface area is 86.6 Å². The van der Waals surface area contributed by atoms with Gasteiger partial charge in [-0.3, -0.25) is 5.10 Å². The van der Waals surface area contributed by atoms with Crippen LogP contribution in [0.5, 0.6) is 0 Å². The molecule has 0 aliphatic rings. The molecule has 5 heteroatoms. The molecule has 0 aromatic carbocycles. The van der Waals surface area contributed by atoms with Gasteiger partial charge in [0, 0.05) is 11.8 Å². The van der Waals surface area contributed by atoms with Crippen LogP contribution >= 0.6 is 0 Å². The zero-order valence-electron chi connectivity index (χ0n) is 8.24. The molecule has 0 bridgehead atoms. The summed E-state index contributed by atoms with van der Waals surface area (Å²) in [7, 11) is 0. The van der Waals surface area contributed by atoms with E-state index in [2.05, 4.69) is 20.5 Å². The molecule has 2 rings (SSSR count). The zero-order chi connectivity index (χ0) is 10.7. The first kappa shape index (κ1) is 9.64. The van der Waals surface area contributed by atoms with Gasteiger partial charge in [-0.05, 0) is 19.1 Å². The van der Waals surface area contributed by atoms with Gasteiger partial charge in [0.15, 0.2) is 0 Å². The van der Waals surface area contributed by atoms with Gasteiger partial charge in [-0.15, -0.1) is 0 Å². The first-order valence-electron chi connectivity index (χ1n) is 4.63. The first-order valence-corrected chi connectivity index (χ1v) is 4.63. The van der Waals surface area contributed by atoms with Crippen LogP contribution in [0.4, 0.5) is 10.2 Å². The summed E-state index contributed by atoms with van der Waals surface area (Å²) in [4.78, 5) is 3.71. The topological polar surface area (TPSA) is 53.6 Å². The second kappa shape index (κ2) is 4.08. The van der Waals surface area contributed by atoms with E-state index < -0.39 is 5.95 Å². The average Bonchev–Trinajstić information content (AvgIpc) is 2.70. The van der Waals surface area contributed by atoms with Gasteiger partial charge < -0.3 is 5.32 Å². The SMILES string of the molecule is CC(Nc1cccc(F)n1)c1cn[nH]c1. The van der Waals surface area contributed by atoms with Gasteiger partial charge in [-0.2, -0.15) is 9.49 Å². The van der Waals surface area contributed by atoms with Crippen molar-refractivity contribution in [3.8, 4) is 0 Å². The van der Waals surface area contributed by atoms with Crippen LogP contribution in [0.2, 0.25) is 0 Å². The molecule has 1 unspecified atom stereocenters. The Morgan fingerprint density at radius 1 is 1.47 bits per heavy atom. The van der Waals surface area contributed by atoms with E-state index in [1.54, 1.807) is 24.5 Å². The molecule has 0 saturated heterocycles. The predicted octanol–water partition coefficient (Wildman–Crippen LogP) is 2.12. The van der Waals surface area contributed by atoms with Crippen LogP contribution in [-0.4, -0.2) is 15.2 Å². The molecule has 15 heavy (non-hydrogen) atoms. The van der Waals surface area contributed by atoms with E-state index in [0.717, 1.165) is 5.56 Å². The lowest BCUT2D eigenvalue weighted by atomic mass is 10.2. The average molecular weight is 206 g/mol. The summed E-state index contributed by atoms with van der Waals surface area (Å²) in [5, 5.41) is 9.64. The number of aromatic nitrogens is 3. The Balaban J connectivity index is 2.09. The van der Waals surface area contributed by atoms with Gasteiger partial charge in [-0.1, -0.05) is 6.07 Å². The Morgan fingerprint density at radius 3 is 3.00 bits per heavy atom. The Kier molecular flexibility index (Phi) is 2.62. The molecule has 0 aliphatic heterocycles. The summed E-state index contributed by atoms with van der Waals surface area (Å²) in [5.74, 6) is 0.0306. The van der Waals surface area contributed by atoms with Gasteiger partial charge in [-0.25, -0.2) is 4.98 Å². The molecule has 0 amide bonds. The molecule has 1 atom stereocenters. The van der Waals surface area contributed by atoms with Crippen LogP contribution in [0.15, 0.2) is 30.6 Å². The Bertz CT molecular complexity index is 427. The van der Waals surface area contributed by atoms with Gasteiger partial charge in [0.25, 0.3) is 0 Å². The van der Waals surface area contributed by atoms with Gasteiger partial charge in [0.05, 0.1) is 12.2 Å². The highest BCUT2D eigenvalue weighted by atomic mass is 19.1. The monoisotopic (exact) mass is 206 g/mol. The molecule has 2 N–H and O–H groups in total. The maximum Gasteiger partial charge on any atom is 0.214 e. The predicted molar refractivity (Wildman–Crippen MR) is 54.8 cm³/mol. The highest BCUT2D eigenvalue weighted by molar-refractivity contribution is 5.36. The lowest BCUT2D eigenvalue weighted by molar-refractivity contribution is 0.584. The summed E-state index contributed by atoms with van der Waals surface area (Å²) >= 11 is 0. The third-order valence-electron chi connectivity index (χ3n) is 2.10. The van der Waals surface area contributed by atoms with Crippen molar-refractivity contribution in [2.24, 2.45) is 0 Å². The van der Waals surface area contributed by atoms with Crippen molar-refractivity contribution in [3.05, 3.63) is 42.1 Å². The van der Waals surface area contributed by atoms with Gasteiger partial charge in [0.2, 0.25) is 5.95 Å². The van der Waals surface area contributed by atoms with Crippen LogP contribution in [0.25, 0.3) is 0 Å². The van der Waals surface area contributed by atoms with E-state index in [9.17, 15) is 4.39 Å². The number of nitrogens with one attached hydrogen (secondary N) is 2. The van der Waals surface area contributed by atoms with Crippen molar-refractivity contribution in [1.29, 1.82) is 0 Å². The molecule has 2 aromatic rings. The van der Waals surface area contributed by atoms with Crippen molar-refractivity contribution in [3.63, 3.8) is 0 Å². The van der Waals surface area contributed by atoms with E-state index in [1.807, 2.05) is 6.92 Å². The number of rotatable bonds is 3. The highest BCUT2D eigenvalue weighted by Gasteiger charge is 2.06. The summed E-state index contributed by atoms with van der Waals surface area (Å²) in [6.07, 6.45) is 3.51. The number of H-pyrrole nitrogens is 1. The second-order valence-corrected chi connectivity index (χ2v) is 3.24. The molecule has 78 valence electrons. The molecular formula is C10H11FN4. The molecule has 0 fully saturated rings. The lowest BCUT2D eigenvalue weighted by Gasteiger charge is -2.12. The van der Waals surface area contributed by atoms with Crippen molar-refractivity contribution in [1.82, 2.24) is 15.2 Å². The number of nitrogens with zero attached hydrogens (tertiary/aromatic N) is 2. The van der Waals surface area contributed by atoms with E-state index in [4.69, 9.17) is 0 Å². The van der Waals surface area contributed by atoms with E-state index in [1.165, 1.54) is 6.07 Å². The molecule has 0 spiro atoms.